The highest BCUT2D eigenvalue weighted by Crippen LogP contribution is 2.41. The maximum absolute atomic E-state index is 12.7. The molecule has 0 saturated carbocycles. The normalized spacial score (nSPS) is 15.1. The van der Waals surface area contributed by atoms with E-state index in [4.69, 9.17) is 16.3 Å². The smallest absolute Gasteiger partial charge is 0.256 e. The van der Waals surface area contributed by atoms with Crippen LogP contribution in [-0.2, 0) is 6.42 Å². The van der Waals surface area contributed by atoms with Crippen molar-refractivity contribution >= 4 is 34.1 Å². The molecule has 8 heteroatoms. The van der Waals surface area contributed by atoms with Crippen LogP contribution in [0.25, 0.3) is 27.7 Å². The Labute approximate surface area is 188 Å². The summed E-state index contributed by atoms with van der Waals surface area (Å²) in [5, 5.41) is 8.91. The summed E-state index contributed by atoms with van der Waals surface area (Å²) in [7, 11) is 0. The number of halogens is 1. The van der Waals surface area contributed by atoms with Crippen LogP contribution in [-0.4, -0.2) is 38.1 Å². The van der Waals surface area contributed by atoms with Gasteiger partial charge >= 0.3 is 0 Å². The maximum atomic E-state index is 12.7. The van der Waals surface area contributed by atoms with Crippen molar-refractivity contribution in [2.75, 3.05) is 6.54 Å². The minimum absolute atomic E-state index is 0.183. The molecule has 2 aromatic carbocycles. The first-order valence-electron chi connectivity index (χ1n) is 10.3. The van der Waals surface area contributed by atoms with Crippen molar-refractivity contribution in [3.63, 3.8) is 0 Å². The lowest BCUT2D eigenvalue weighted by Gasteiger charge is -2.14. The largest absolute Gasteiger partial charge is 0.487 e. The van der Waals surface area contributed by atoms with Gasteiger partial charge in [0.2, 0.25) is 0 Å². The second-order valence-corrected chi connectivity index (χ2v) is 8.26. The van der Waals surface area contributed by atoms with Crippen LogP contribution in [0.2, 0.25) is 5.02 Å². The molecule has 0 bridgehead atoms. The zero-order valence-corrected chi connectivity index (χ0v) is 17.6. The Morgan fingerprint density at radius 3 is 3.16 bits per heavy atom. The summed E-state index contributed by atoms with van der Waals surface area (Å²) < 4.78 is 7.85. The molecule has 4 heterocycles. The third-order valence-corrected chi connectivity index (χ3v) is 5.96. The van der Waals surface area contributed by atoms with Gasteiger partial charge in [0, 0.05) is 46.7 Å². The zero-order valence-electron chi connectivity index (χ0n) is 16.9. The first kappa shape index (κ1) is 18.9. The second-order valence-electron chi connectivity index (χ2n) is 7.82. The minimum Gasteiger partial charge on any atom is -0.487 e. The van der Waals surface area contributed by atoms with E-state index in [1.54, 1.807) is 23.0 Å². The molecular weight excluding hydrogens is 426 g/mol. The summed E-state index contributed by atoms with van der Waals surface area (Å²) in [5.74, 6) is 0.593. The molecule has 1 aliphatic heterocycles. The van der Waals surface area contributed by atoms with Gasteiger partial charge in [0.25, 0.3) is 5.91 Å². The molecular formula is C24H18ClN5O2. The molecule has 1 aliphatic rings. The van der Waals surface area contributed by atoms with Crippen LogP contribution >= 0.6 is 11.6 Å². The van der Waals surface area contributed by atoms with Gasteiger partial charge in [-0.15, -0.1) is 0 Å². The molecule has 0 radical (unpaired) electrons. The number of fused-ring (bicyclic) bond motifs is 3. The molecule has 6 rings (SSSR count). The average molecular weight is 444 g/mol. The number of amides is 1. The van der Waals surface area contributed by atoms with Crippen molar-refractivity contribution in [2.45, 2.75) is 12.5 Å². The Bertz CT molecular complexity index is 1490. The predicted octanol–water partition coefficient (Wildman–Crippen LogP) is 4.26. The number of carbonyl (C=O) groups is 1. The van der Waals surface area contributed by atoms with Crippen LogP contribution in [0.3, 0.4) is 0 Å². The molecule has 1 amide bonds. The molecule has 0 spiro atoms. The van der Waals surface area contributed by atoms with Gasteiger partial charge < -0.3 is 15.0 Å². The van der Waals surface area contributed by atoms with Crippen molar-refractivity contribution in [1.82, 2.24) is 24.9 Å². The SMILES string of the molecule is O=C(NCC1Cc2cc(Cl)cc(-c3ccc4[nH]ccc4c3)c2O1)c1cnn2cccnc12. The van der Waals surface area contributed by atoms with Crippen molar-refractivity contribution < 1.29 is 9.53 Å². The molecule has 1 unspecified atom stereocenters. The summed E-state index contributed by atoms with van der Waals surface area (Å²) >= 11 is 6.43. The lowest BCUT2D eigenvalue weighted by Crippen LogP contribution is -2.34. The number of aromatic nitrogens is 4. The molecule has 32 heavy (non-hydrogen) atoms. The number of hydrogen-bond donors (Lipinski definition) is 2. The highest BCUT2D eigenvalue weighted by atomic mass is 35.5. The third kappa shape index (κ3) is 3.18. The number of carbonyl (C=O) groups excluding carboxylic acids is 1. The van der Waals surface area contributed by atoms with E-state index in [0.717, 1.165) is 33.3 Å². The predicted molar refractivity (Wildman–Crippen MR) is 122 cm³/mol. The Balaban J connectivity index is 1.23. The summed E-state index contributed by atoms with van der Waals surface area (Å²) in [4.78, 5) is 20.2. The second kappa shape index (κ2) is 7.39. The standard InChI is InChI=1S/C24H18ClN5O2/c25-17-9-16-10-18(12-28-24(31)20-13-29-30-7-1-5-27-23(20)30)32-22(16)19(11-17)14-2-3-21-15(8-14)4-6-26-21/h1-9,11,13,18,26H,10,12H2,(H,28,31). The van der Waals surface area contributed by atoms with Crippen molar-refractivity contribution in [3.05, 3.63) is 83.4 Å². The minimum atomic E-state index is -0.227. The molecule has 1 atom stereocenters. The van der Waals surface area contributed by atoms with Gasteiger partial charge in [0.15, 0.2) is 5.65 Å². The lowest BCUT2D eigenvalue weighted by atomic mass is 9.99. The van der Waals surface area contributed by atoms with Crippen LogP contribution in [0.15, 0.2) is 67.3 Å². The lowest BCUT2D eigenvalue weighted by molar-refractivity contribution is 0.0935. The molecule has 3 aromatic heterocycles. The average Bonchev–Trinajstić information content (AvgIpc) is 3.53. The first-order chi connectivity index (χ1) is 15.7. The molecule has 0 saturated heterocycles. The number of aromatic amines is 1. The monoisotopic (exact) mass is 443 g/mol. The van der Waals surface area contributed by atoms with E-state index >= 15 is 0 Å². The molecule has 0 aliphatic carbocycles. The molecule has 0 fully saturated rings. The van der Waals surface area contributed by atoms with Gasteiger partial charge in [-0.25, -0.2) is 9.50 Å². The Morgan fingerprint density at radius 1 is 1.28 bits per heavy atom. The number of rotatable bonds is 4. The molecule has 7 nitrogen and oxygen atoms in total. The van der Waals surface area contributed by atoms with Gasteiger partial charge in [-0.1, -0.05) is 17.7 Å². The van der Waals surface area contributed by atoms with Crippen LogP contribution in [0.4, 0.5) is 0 Å². The highest BCUT2D eigenvalue weighted by Gasteiger charge is 2.27. The Kier molecular flexibility index (Phi) is 4.36. The van der Waals surface area contributed by atoms with Crippen molar-refractivity contribution in [1.29, 1.82) is 0 Å². The zero-order chi connectivity index (χ0) is 21.7. The van der Waals surface area contributed by atoms with Gasteiger partial charge in [-0.3, -0.25) is 4.79 Å². The summed E-state index contributed by atoms with van der Waals surface area (Å²) in [5.41, 5.74) is 5.07. The third-order valence-electron chi connectivity index (χ3n) is 5.74. The van der Waals surface area contributed by atoms with Crippen LogP contribution in [0, 0.1) is 0 Å². The summed E-state index contributed by atoms with van der Waals surface area (Å²) in [6, 6.07) is 13.9. The fourth-order valence-corrected chi connectivity index (χ4v) is 4.47. The fourth-order valence-electron chi connectivity index (χ4n) is 4.23. The van der Waals surface area contributed by atoms with Crippen LogP contribution < -0.4 is 10.1 Å². The van der Waals surface area contributed by atoms with E-state index in [9.17, 15) is 4.79 Å². The van der Waals surface area contributed by atoms with Crippen molar-refractivity contribution in [3.8, 4) is 16.9 Å². The van der Waals surface area contributed by atoms with E-state index in [-0.39, 0.29) is 12.0 Å². The number of nitrogens with one attached hydrogen (secondary N) is 2. The van der Waals surface area contributed by atoms with Gasteiger partial charge in [0.1, 0.15) is 17.4 Å². The van der Waals surface area contributed by atoms with E-state index in [1.165, 1.54) is 6.20 Å². The molecule has 5 aromatic rings. The van der Waals surface area contributed by atoms with E-state index < -0.39 is 0 Å². The summed E-state index contributed by atoms with van der Waals surface area (Å²) in [6.45, 7) is 0.367. The topological polar surface area (TPSA) is 84.3 Å². The molecule has 2 N–H and O–H groups in total. The van der Waals surface area contributed by atoms with Gasteiger partial charge in [-0.05, 0) is 47.3 Å². The Morgan fingerprint density at radius 2 is 2.22 bits per heavy atom. The van der Waals surface area contributed by atoms with Gasteiger partial charge in [0.05, 0.1) is 12.7 Å². The quantitative estimate of drug-likeness (QED) is 0.434. The van der Waals surface area contributed by atoms with Crippen molar-refractivity contribution in [2.24, 2.45) is 0 Å². The number of nitrogens with zero attached hydrogens (tertiary/aromatic N) is 3. The van der Waals surface area contributed by atoms with E-state index in [2.05, 4.69) is 38.6 Å². The number of H-pyrrole nitrogens is 1. The summed E-state index contributed by atoms with van der Waals surface area (Å²) in [6.07, 6.45) is 7.33. The van der Waals surface area contributed by atoms with E-state index in [1.807, 2.05) is 24.4 Å². The number of hydrogen-bond acceptors (Lipinski definition) is 4. The first-order valence-corrected chi connectivity index (χ1v) is 10.7. The van der Waals surface area contributed by atoms with Gasteiger partial charge in [-0.2, -0.15) is 5.10 Å². The number of ether oxygens (including phenoxy) is 1. The van der Waals surface area contributed by atoms with Crippen LogP contribution in [0.5, 0.6) is 5.75 Å². The Hall–Kier alpha value is -3.84. The fraction of sp³-hybridized carbons (Fsp3) is 0.125. The molecule has 158 valence electrons. The highest BCUT2D eigenvalue weighted by molar-refractivity contribution is 6.31. The number of benzene rings is 2. The van der Waals surface area contributed by atoms with Crippen LogP contribution in [0.1, 0.15) is 15.9 Å². The maximum Gasteiger partial charge on any atom is 0.256 e. The van der Waals surface area contributed by atoms with E-state index in [0.29, 0.717) is 29.2 Å².